The van der Waals surface area contributed by atoms with Gasteiger partial charge in [0.1, 0.15) is 0 Å². The minimum atomic E-state index is -3.06. The molecular formula is C17H14F2N2O2. The number of non-ortho nitro benzene ring substituents is 1. The maximum absolute atomic E-state index is 14.8. The van der Waals surface area contributed by atoms with Gasteiger partial charge in [0.05, 0.1) is 16.8 Å². The zero-order valence-electron chi connectivity index (χ0n) is 12.1. The normalized spacial score (nSPS) is 18.2. The third kappa shape index (κ3) is 2.76. The molecule has 2 N–H and O–H groups in total. The largest absolute Gasteiger partial charge is 0.399 e. The number of benzene rings is 2. The topological polar surface area (TPSA) is 69.2 Å². The summed E-state index contributed by atoms with van der Waals surface area (Å²) in [5.74, 6) is -3.00. The van der Waals surface area contributed by atoms with Gasteiger partial charge in [-0.25, -0.2) is 8.78 Å². The van der Waals surface area contributed by atoms with Gasteiger partial charge < -0.3 is 5.73 Å². The summed E-state index contributed by atoms with van der Waals surface area (Å²) in [5.41, 5.74) is 6.82. The first-order chi connectivity index (χ1) is 10.9. The van der Waals surface area contributed by atoms with Gasteiger partial charge in [-0.3, -0.25) is 10.1 Å². The molecule has 0 aliphatic heterocycles. The van der Waals surface area contributed by atoms with Crippen LogP contribution in [0.25, 0.3) is 0 Å². The molecule has 0 atom stereocenters. The molecule has 118 valence electrons. The molecule has 23 heavy (non-hydrogen) atoms. The van der Waals surface area contributed by atoms with Crippen molar-refractivity contribution in [2.75, 3.05) is 5.73 Å². The molecule has 4 nitrogen and oxygen atoms in total. The second-order valence-corrected chi connectivity index (χ2v) is 5.46. The van der Waals surface area contributed by atoms with Crippen LogP contribution in [0.2, 0.25) is 0 Å². The summed E-state index contributed by atoms with van der Waals surface area (Å²) >= 11 is 0. The molecule has 0 aromatic heterocycles. The highest BCUT2D eigenvalue weighted by Crippen LogP contribution is 2.53. The van der Waals surface area contributed by atoms with Crippen molar-refractivity contribution < 1.29 is 13.7 Å². The second-order valence-electron chi connectivity index (χ2n) is 5.46. The fraction of sp³-hybridized carbons (Fsp3) is 0.176. The van der Waals surface area contributed by atoms with Gasteiger partial charge in [0.25, 0.3) is 11.6 Å². The van der Waals surface area contributed by atoms with Crippen molar-refractivity contribution >= 4 is 11.4 Å². The lowest BCUT2D eigenvalue weighted by Crippen LogP contribution is -2.28. The molecule has 1 aliphatic rings. The number of halogens is 2. The molecule has 0 amide bonds. The van der Waals surface area contributed by atoms with E-state index in [1.54, 1.807) is 24.3 Å². The Morgan fingerprint density at radius 2 is 1.35 bits per heavy atom. The van der Waals surface area contributed by atoms with Crippen molar-refractivity contribution in [3.05, 3.63) is 81.6 Å². The van der Waals surface area contributed by atoms with E-state index in [1.165, 1.54) is 24.3 Å². The van der Waals surface area contributed by atoms with E-state index >= 15 is 0 Å². The highest BCUT2D eigenvalue weighted by atomic mass is 19.3. The lowest BCUT2D eigenvalue weighted by atomic mass is 9.89. The molecular weight excluding hydrogens is 302 g/mol. The Labute approximate surface area is 132 Å². The van der Waals surface area contributed by atoms with Gasteiger partial charge in [-0.2, -0.15) is 0 Å². The number of hydrogen-bond donors (Lipinski definition) is 1. The highest BCUT2D eigenvalue weighted by molar-refractivity contribution is 5.52. The molecule has 6 heteroatoms. The number of nitrogens with zero attached hydrogens (tertiary/aromatic N) is 1. The van der Waals surface area contributed by atoms with Crippen molar-refractivity contribution in [1.82, 2.24) is 0 Å². The molecule has 1 aliphatic carbocycles. The van der Waals surface area contributed by atoms with Crippen LogP contribution < -0.4 is 5.73 Å². The number of nitro groups is 1. The summed E-state index contributed by atoms with van der Waals surface area (Å²) < 4.78 is 29.5. The van der Waals surface area contributed by atoms with Crippen LogP contribution in [0.5, 0.6) is 0 Å². The van der Waals surface area contributed by atoms with Gasteiger partial charge in [-0.05, 0) is 36.1 Å². The zero-order valence-corrected chi connectivity index (χ0v) is 12.1. The Balaban J connectivity index is 1.87. The molecule has 1 saturated carbocycles. The monoisotopic (exact) mass is 316 g/mol. The summed E-state index contributed by atoms with van der Waals surface area (Å²) in [6.45, 7) is 0. The number of nitrogens with two attached hydrogens (primary N) is 1. The lowest BCUT2D eigenvalue weighted by Gasteiger charge is -2.24. The third-order valence-corrected chi connectivity index (χ3v) is 4.07. The Hall–Kier alpha value is -2.50. The van der Waals surface area contributed by atoms with Crippen LogP contribution in [-0.2, 0) is 0 Å². The average molecular weight is 316 g/mol. The first kappa shape index (κ1) is 15.4. The summed E-state index contributed by atoms with van der Waals surface area (Å²) in [6.07, 6.45) is 0.480. The van der Waals surface area contributed by atoms with Crippen molar-refractivity contribution in [2.45, 2.75) is 18.8 Å². The van der Waals surface area contributed by atoms with Crippen LogP contribution in [0.15, 0.2) is 48.5 Å². The number of nitro benzene ring substituents is 1. The Kier molecular flexibility index (Phi) is 3.75. The van der Waals surface area contributed by atoms with E-state index in [1.807, 2.05) is 0 Å². The number of nitrogen functional groups attached to an aromatic ring is 1. The summed E-state index contributed by atoms with van der Waals surface area (Å²) in [7, 11) is 0. The Morgan fingerprint density at radius 1 is 0.913 bits per heavy atom. The van der Waals surface area contributed by atoms with Crippen molar-refractivity contribution in [3.63, 3.8) is 0 Å². The standard InChI is InChI=1S/C17H14F2N2O2/c18-17(19)15(11-1-5-13(20)6-2-11)9-10-16(17)12-3-7-14(8-4-12)21(22)23/h1-8H,9-10,20H2. The maximum atomic E-state index is 14.8. The van der Waals surface area contributed by atoms with E-state index in [0.29, 0.717) is 16.8 Å². The Morgan fingerprint density at radius 3 is 1.78 bits per heavy atom. The Bertz CT molecular complexity index is 714. The highest BCUT2D eigenvalue weighted by Gasteiger charge is 2.54. The predicted octanol–water partition coefficient (Wildman–Crippen LogP) is 4.15. The van der Waals surface area contributed by atoms with Crippen LogP contribution in [0.3, 0.4) is 0 Å². The third-order valence-electron chi connectivity index (χ3n) is 4.07. The minimum absolute atomic E-state index is 0.000719. The van der Waals surface area contributed by atoms with Gasteiger partial charge in [0, 0.05) is 17.8 Å². The number of hydrogen-bond acceptors (Lipinski definition) is 3. The lowest BCUT2D eigenvalue weighted by molar-refractivity contribution is -0.384. The SMILES string of the molecule is Nc1ccc([C]2CC[C](c3ccc([N+](=O)[O-])cc3)C2(F)F)cc1. The quantitative estimate of drug-likeness (QED) is 0.525. The van der Waals surface area contributed by atoms with Crippen LogP contribution in [0.4, 0.5) is 20.2 Å². The van der Waals surface area contributed by atoms with Gasteiger partial charge in [0.15, 0.2) is 0 Å². The fourth-order valence-corrected chi connectivity index (χ4v) is 2.87. The van der Waals surface area contributed by atoms with Crippen molar-refractivity contribution in [2.24, 2.45) is 0 Å². The summed E-state index contributed by atoms with van der Waals surface area (Å²) in [4.78, 5) is 10.1. The van der Waals surface area contributed by atoms with Crippen LogP contribution in [0, 0.1) is 22.0 Å². The molecule has 1 fully saturated rings. The molecule has 0 unspecified atom stereocenters. The average Bonchev–Trinajstić information content (AvgIpc) is 2.83. The van der Waals surface area contributed by atoms with Crippen molar-refractivity contribution in [3.8, 4) is 0 Å². The first-order valence-corrected chi connectivity index (χ1v) is 7.11. The summed E-state index contributed by atoms with van der Waals surface area (Å²) in [5, 5.41) is 10.7. The first-order valence-electron chi connectivity index (χ1n) is 7.11. The number of alkyl halides is 2. The molecule has 3 rings (SSSR count). The molecule has 2 aromatic rings. The van der Waals surface area contributed by atoms with E-state index in [0.717, 1.165) is 0 Å². The molecule has 2 aromatic carbocycles. The van der Waals surface area contributed by atoms with Gasteiger partial charge in [-0.15, -0.1) is 0 Å². The maximum Gasteiger partial charge on any atom is 0.269 e. The van der Waals surface area contributed by atoms with Crippen LogP contribution in [-0.4, -0.2) is 10.8 Å². The zero-order chi connectivity index (χ0) is 16.6. The molecule has 2 radical (unpaired) electrons. The van der Waals surface area contributed by atoms with E-state index in [9.17, 15) is 18.9 Å². The van der Waals surface area contributed by atoms with E-state index < -0.39 is 10.8 Å². The number of rotatable bonds is 3. The van der Waals surface area contributed by atoms with Gasteiger partial charge >= 0.3 is 0 Å². The predicted molar refractivity (Wildman–Crippen MR) is 82.8 cm³/mol. The van der Waals surface area contributed by atoms with Crippen molar-refractivity contribution in [1.29, 1.82) is 0 Å². The van der Waals surface area contributed by atoms with E-state index in [2.05, 4.69) is 0 Å². The van der Waals surface area contributed by atoms with Crippen LogP contribution in [0.1, 0.15) is 24.0 Å². The molecule has 0 bridgehead atoms. The van der Waals surface area contributed by atoms with Crippen LogP contribution >= 0.6 is 0 Å². The number of anilines is 1. The van der Waals surface area contributed by atoms with Gasteiger partial charge in [0.2, 0.25) is 0 Å². The second kappa shape index (κ2) is 5.61. The summed E-state index contributed by atoms with van der Waals surface area (Å²) in [6, 6.07) is 11.7. The smallest absolute Gasteiger partial charge is 0.269 e. The molecule has 0 heterocycles. The minimum Gasteiger partial charge on any atom is -0.399 e. The molecule has 0 spiro atoms. The fourth-order valence-electron chi connectivity index (χ4n) is 2.87. The molecule has 0 saturated heterocycles. The van der Waals surface area contributed by atoms with Gasteiger partial charge in [-0.1, -0.05) is 24.3 Å². The van der Waals surface area contributed by atoms with E-state index in [-0.39, 0.29) is 30.4 Å². The van der Waals surface area contributed by atoms with E-state index in [4.69, 9.17) is 5.73 Å².